The molecule has 2 aliphatic heterocycles. The normalized spacial score (nSPS) is 18.9. The van der Waals surface area contributed by atoms with Crippen LogP contribution in [0.2, 0.25) is 0 Å². The fourth-order valence-corrected chi connectivity index (χ4v) is 3.82. The molecule has 4 rings (SSSR count). The first-order chi connectivity index (χ1) is 12.5. The number of aromatic nitrogens is 2. The van der Waals surface area contributed by atoms with Crippen LogP contribution in [0, 0.1) is 12.7 Å². The molecule has 7 heteroatoms. The monoisotopic (exact) mass is 357 g/mol. The van der Waals surface area contributed by atoms with Gasteiger partial charge < -0.3 is 9.80 Å². The lowest BCUT2D eigenvalue weighted by Gasteiger charge is -2.48. The van der Waals surface area contributed by atoms with Crippen LogP contribution < -0.4 is 4.90 Å². The average Bonchev–Trinajstić information content (AvgIpc) is 2.93. The van der Waals surface area contributed by atoms with Crippen LogP contribution in [0.4, 0.5) is 10.1 Å². The zero-order valence-electron chi connectivity index (χ0n) is 15.2. The van der Waals surface area contributed by atoms with Gasteiger partial charge in [-0.05, 0) is 37.3 Å². The smallest absolute Gasteiger partial charge is 0.272 e. The van der Waals surface area contributed by atoms with Crippen molar-refractivity contribution in [1.29, 1.82) is 0 Å². The van der Waals surface area contributed by atoms with Crippen molar-refractivity contribution in [2.75, 3.05) is 44.2 Å². The van der Waals surface area contributed by atoms with E-state index < -0.39 is 0 Å². The molecule has 0 aliphatic carbocycles. The number of carbonyl (C=O) groups is 1. The molecule has 2 saturated heterocycles. The highest BCUT2D eigenvalue weighted by molar-refractivity contribution is 5.93. The van der Waals surface area contributed by atoms with Gasteiger partial charge in [-0.1, -0.05) is 0 Å². The summed E-state index contributed by atoms with van der Waals surface area (Å²) in [6.45, 7) is 7.24. The Morgan fingerprint density at radius 2 is 1.77 bits per heavy atom. The number of hydrogen-bond donors (Lipinski definition) is 0. The molecule has 1 aromatic heterocycles. The third-order valence-corrected chi connectivity index (χ3v) is 5.39. The van der Waals surface area contributed by atoms with E-state index >= 15 is 0 Å². The Morgan fingerprint density at radius 1 is 1.12 bits per heavy atom. The third kappa shape index (κ3) is 3.19. The van der Waals surface area contributed by atoms with Crippen molar-refractivity contribution in [1.82, 2.24) is 19.6 Å². The predicted molar refractivity (Wildman–Crippen MR) is 97.8 cm³/mol. The van der Waals surface area contributed by atoms with Crippen LogP contribution in [-0.2, 0) is 7.05 Å². The molecule has 3 heterocycles. The van der Waals surface area contributed by atoms with E-state index in [2.05, 4.69) is 14.9 Å². The Kier molecular flexibility index (Phi) is 4.40. The summed E-state index contributed by atoms with van der Waals surface area (Å²) in [5, 5.41) is 4.25. The lowest BCUT2D eigenvalue weighted by molar-refractivity contribution is 0.0238. The topological polar surface area (TPSA) is 44.6 Å². The number of benzene rings is 1. The van der Waals surface area contributed by atoms with Gasteiger partial charge in [-0.25, -0.2) is 4.39 Å². The number of rotatable bonds is 3. The maximum atomic E-state index is 13.1. The summed E-state index contributed by atoms with van der Waals surface area (Å²) < 4.78 is 14.7. The molecule has 6 nitrogen and oxygen atoms in total. The highest BCUT2D eigenvalue weighted by Gasteiger charge is 2.37. The van der Waals surface area contributed by atoms with Gasteiger partial charge in [-0.3, -0.25) is 14.4 Å². The minimum atomic E-state index is -0.199. The van der Waals surface area contributed by atoms with Gasteiger partial charge in [0.1, 0.15) is 11.5 Å². The molecule has 0 spiro atoms. The van der Waals surface area contributed by atoms with Crippen LogP contribution in [0.3, 0.4) is 0 Å². The van der Waals surface area contributed by atoms with E-state index in [4.69, 9.17) is 0 Å². The second-order valence-electron chi connectivity index (χ2n) is 7.16. The van der Waals surface area contributed by atoms with Crippen LogP contribution in [0.5, 0.6) is 0 Å². The Labute approximate surface area is 152 Å². The number of likely N-dealkylation sites (tertiary alicyclic amines) is 1. The number of amides is 1. The standard InChI is InChI=1S/C19H24FN5O/c1-14-11-18(22(2)21-14)19(26)25-12-17(13-25)24-9-7-23(8-10-24)16-5-3-15(20)4-6-16/h3-6,11,17H,7-10,12-13H2,1-2H3. The van der Waals surface area contributed by atoms with Crippen LogP contribution >= 0.6 is 0 Å². The summed E-state index contributed by atoms with van der Waals surface area (Å²) in [5.74, 6) is -0.135. The molecule has 0 unspecified atom stereocenters. The van der Waals surface area contributed by atoms with E-state index in [-0.39, 0.29) is 11.7 Å². The van der Waals surface area contributed by atoms with Crippen molar-refractivity contribution >= 4 is 11.6 Å². The largest absolute Gasteiger partial charge is 0.369 e. The number of halogens is 1. The summed E-state index contributed by atoms with van der Waals surface area (Å²) >= 11 is 0. The van der Waals surface area contributed by atoms with Crippen molar-refractivity contribution in [3.63, 3.8) is 0 Å². The molecule has 0 atom stereocenters. The molecular formula is C19H24FN5O. The lowest BCUT2D eigenvalue weighted by Crippen LogP contribution is -2.64. The quantitative estimate of drug-likeness (QED) is 0.835. The molecule has 2 aromatic rings. The van der Waals surface area contributed by atoms with Gasteiger partial charge >= 0.3 is 0 Å². The van der Waals surface area contributed by atoms with E-state index in [0.29, 0.717) is 11.7 Å². The van der Waals surface area contributed by atoms with Gasteiger partial charge in [0.05, 0.1) is 5.69 Å². The lowest BCUT2D eigenvalue weighted by atomic mass is 10.0. The van der Waals surface area contributed by atoms with Gasteiger partial charge in [0, 0.05) is 58.0 Å². The minimum Gasteiger partial charge on any atom is -0.369 e. The van der Waals surface area contributed by atoms with Crippen LogP contribution in [0.25, 0.3) is 0 Å². The Morgan fingerprint density at radius 3 is 2.35 bits per heavy atom. The van der Waals surface area contributed by atoms with E-state index in [1.165, 1.54) is 12.1 Å². The number of piperazine rings is 1. The molecule has 0 bridgehead atoms. The van der Waals surface area contributed by atoms with Gasteiger partial charge in [-0.2, -0.15) is 5.10 Å². The molecule has 2 aliphatic rings. The number of hydrogen-bond acceptors (Lipinski definition) is 4. The van der Waals surface area contributed by atoms with Gasteiger partial charge in [0.25, 0.3) is 5.91 Å². The maximum absolute atomic E-state index is 13.1. The van der Waals surface area contributed by atoms with Gasteiger partial charge in [-0.15, -0.1) is 0 Å². The van der Waals surface area contributed by atoms with E-state index in [1.54, 1.807) is 4.68 Å². The van der Waals surface area contributed by atoms with Crippen molar-refractivity contribution in [3.05, 3.63) is 47.5 Å². The molecule has 26 heavy (non-hydrogen) atoms. The molecule has 1 amide bonds. The molecule has 138 valence electrons. The Balaban J connectivity index is 1.28. The zero-order valence-corrected chi connectivity index (χ0v) is 15.2. The second-order valence-corrected chi connectivity index (χ2v) is 7.16. The van der Waals surface area contributed by atoms with Crippen molar-refractivity contribution in [3.8, 4) is 0 Å². The first kappa shape index (κ1) is 17.0. The summed E-state index contributed by atoms with van der Waals surface area (Å²) in [7, 11) is 1.81. The minimum absolute atomic E-state index is 0.0642. The summed E-state index contributed by atoms with van der Waals surface area (Å²) in [5.41, 5.74) is 2.59. The van der Waals surface area contributed by atoms with E-state index in [9.17, 15) is 9.18 Å². The summed E-state index contributed by atoms with van der Waals surface area (Å²) in [6.07, 6.45) is 0. The summed E-state index contributed by atoms with van der Waals surface area (Å²) in [4.78, 5) is 19.2. The number of nitrogens with zero attached hydrogens (tertiary/aromatic N) is 5. The predicted octanol–water partition coefficient (Wildman–Crippen LogP) is 1.51. The molecular weight excluding hydrogens is 333 g/mol. The van der Waals surface area contributed by atoms with Crippen LogP contribution in [-0.4, -0.2) is 70.8 Å². The molecule has 0 radical (unpaired) electrons. The first-order valence-corrected chi connectivity index (χ1v) is 9.06. The van der Waals surface area contributed by atoms with Crippen molar-refractivity contribution < 1.29 is 9.18 Å². The van der Waals surface area contributed by atoms with Gasteiger partial charge in [0.2, 0.25) is 0 Å². The second kappa shape index (κ2) is 6.72. The fraction of sp³-hybridized carbons (Fsp3) is 0.474. The number of anilines is 1. The Hall–Kier alpha value is -2.41. The SMILES string of the molecule is Cc1cc(C(=O)N2CC(N3CCN(c4ccc(F)cc4)CC3)C2)n(C)n1. The van der Waals surface area contributed by atoms with Crippen LogP contribution in [0.15, 0.2) is 30.3 Å². The highest BCUT2D eigenvalue weighted by Crippen LogP contribution is 2.22. The molecule has 0 saturated carbocycles. The van der Waals surface area contributed by atoms with Gasteiger partial charge in [0.15, 0.2) is 0 Å². The molecule has 0 N–H and O–H groups in total. The molecule has 1 aromatic carbocycles. The molecule has 2 fully saturated rings. The maximum Gasteiger partial charge on any atom is 0.272 e. The third-order valence-electron chi connectivity index (χ3n) is 5.39. The first-order valence-electron chi connectivity index (χ1n) is 9.06. The average molecular weight is 357 g/mol. The zero-order chi connectivity index (χ0) is 18.3. The highest BCUT2D eigenvalue weighted by atomic mass is 19.1. The van der Waals surface area contributed by atoms with Crippen molar-refractivity contribution in [2.24, 2.45) is 7.05 Å². The van der Waals surface area contributed by atoms with Crippen LogP contribution in [0.1, 0.15) is 16.2 Å². The Bertz CT molecular complexity index is 789. The summed E-state index contributed by atoms with van der Waals surface area (Å²) in [6, 6.07) is 8.98. The number of carbonyl (C=O) groups excluding carboxylic acids is 1. The number of aryl methyl sites for hydroxylation is 2. The van der Waals surface area contributed by atoms with Crippen molar-refractivity contribution in [2.45, 2.75) is 13.0 Å². The fourth-order valence-electron chi connectivity index (χ4n) is 3.82. The van der Waals surface area contributed by atoms with E-state index in [0.717, 1.165) is 50.6 Å². The van der Waals surface area contributed by atoms with E-state index in [1.807, 2.05) is 37.1 Å².